The molecule has 0 heterocycles. The van der Waals surface area contributed by atoms with Gasteiger partial charge < -0.3 is 15.7 Å². The molecule has 28 heavy (non-hydrogen) atoms. The minimum absolute atomic E-state index is 0.0102. The third-order valence-corrected chi connectivity index (χ3v) is 8.30. The number of rotatable bonds is 2. The lowest BCUT2D eigenvalue weighted by Gasteiger charge is -2.56. The van der Waals surface area contributed by atoms with Crippen LogP contribution < -0.4 is 10.6 Å². The molecule has 4 aliphatic carbocycles. The Morgan fingerprint density at radius 2 is 1.82 bits per heavy atom. The van der Waals surface area contributed by atoms with Gasteiger partial charge in [0.15, 0.2) is 0 Å². The van der Waals surface area contributed by atoms with Crippen molar-refractivity contribution in [3.05, 3.63) is 23.3 Å². The maximum Gasteiger partial charge on any atom is 0.217 e. The fourth-order valence-corrected chi connectivity index (χ4v) is 6.91. The third kappa shape index (κ3) is 2.94. The number of carbonyl (C=O) groups excluding carboxylic acids is 2. The average Bonchev–Trinajstić information content (AvgIpc) is 2.92. The fraction of sp³-hybridized carbons (Fsp3) is 0.739. The van der Waals surface area contributed by atoms with Crippen LogP contribution in [0.4, 0.5) is 0 Å². The monoisotopic (exact) mass is 386 g/mol. The number of aliphatic hydroxyl groups is 1. The van der Waals surface area contributed by atoms with E-state index < -0.39 is 0 Å². The van der Waals surface area contributed by atoms with E-state index in [4.69, 9.17) is 0 Å². The standard InChI is InChI=1S/C23H34N2O3/c1-13(26)24-19-12-15-11-16(28)7-9-22(15,3)18-8-10-23(4)17(21(18)19)5-6-20(23)25-14(2)27/h7,9,15-16,18-20,28H,5-6,8,10-12H2,1-4H3,(H,24,26)(H,25,27)/t15?,16?,18-,19?,20?,22+,23+/m1/s1. The Morgan fingerprint density at radius 1 is 1.11 bits per heavy atom. The first-order valence-corrected chi connectivity index (χ1v) is 10.8. The summed E-state index contributed by atoms with van der Waals surface area (Å²) in [6.45, 7) is 7.85. The van der Waals surface area contributed by atoms with Crippen LogP contribution in [0.1, 0.15) is 66.2 Å². The Balaban J connectivity index is 1.80. The van der Waals surface area contributed by atoms with Gasteiger partial charge in [0.25, 0.3) is 0 Å². The highest BCUT2D eigenvalue weighted by Gasteiger charge is 2.56. The van der Waals surface area contributed by atoms with Crippen molar-refractivity contribution < 1.29 is 14.7 Å². The van der Waals surface area contributed by atoms with E-state index in [-0.39, 0.29) is 40.8 Å². The number of amides is 2. The molecule has 2 fully saturated rings. The second-order valence-corrected chi connectivity index (χ2v) is 9.95. The SMILES string of the molecule is CC(=O)NC1CC2CC(O)C=C[C@]2(C)[C@@H]2CC[C@@]3(C)C(=C12)CCC3NC(C)=O. The molecular formula is C23H34N2O3. The molecule has 0 saturated heterocycles. The predicted octanol–water partition coefficient (Wildman–Crippen LogP) is 2.85. The first-order valence-electron chi connectivity index (χ1n) is 10.8. The largest absolute Gasteiger partial charge is 0.389 e. The topological polar surface area (TPSA) is 78.4 Å². The van der Waals surface area contributed by atoms with Crippen molar-refractivity contribution in [2.75, 3.05) is 0 Å². The van der Waals surface area contributed by atoms with E-state index in [0.717, 1.165) is 38.5 Å². The first kappa shape index (κ1) is 19.7. The van der Waals surface area contributed by atoms with Crippen molar-refractivity contribution in [2.45, 2.75) is 84.4 Å². The van der Waals surface area contributed by atoms with Gasteiger partial charge in [0.1, 0.15) is 0 Å². The van der Waals surface area contributed by atoms with Gasteiger partial charge in [0.05, 0.1) is 12.1 Å². The molecule has 2 amide bonds. The Hall–Kier alpha value is -1.62. The Bertz CT molecular complexity index is 757. The molecule has 3 N–H and O–H groups in total. The molecule has 5 heteroatoms. The lowest BCUT2D eigenvalue weighted by Crippen LogP contribution is -2.55. The van der Waals surface area contributed by atoms with Crippen LogP contribution in [0.25, 0.3) is 0 Å². The number of aliphatic hydroxyl groups excluding tert-OH is 1. The van der Waals surface area contributed by atoms with Gasteiger partial charge in [0.2, 0.25) is 11.8 Å². The highest BCUT2D eigenvalue weighted by atomic mass is 16.3. The lowest BCUT2D eigenvalue weighted by molar-refractivity contribution is -0.120. The molecule has 154 valence electrons. The third-order valence-electron chi connectivity index (χ3n) is 8.30. The predicted molar refractivity (Wildman–Crippen MR) is 108 cm³/mol. The number of carbonyl (C=O) groups is 2. The van der Waals surface area contributed by atoms with E-state index in [9.17, 15) is 14.7 Å². The molecule has 4 unspecified atom stereocenters. The van der Waals surface area contributed by atoms with E-state index >= 15 is 0 Å². The molecule has 0 radical (unpaired) electrons. The van der Waals surface area contributed by atoms with Gasteiger partial charge in [0, 0.05) is 25.3 Å². The van der Waals surface area contributed by atoms with Crippen LogP contribution >= 0.6 is 0 Å². The average molecular weight is 387 g/mol. The summed E-state index contributed by atoms with van der Waals surface area (Å²) in [5.74, 6) is 0.815. The lowest BCUT2D eigenvalue weighted by atomic mass is 9.50. The van der Waals surface area contributed by atoms with Crippen LogP contribution in [0.3, 0.4) is 0 Å². The van der Waals surface area contributed by atoms with Crippen LogP contribution in [-0.4, -0.2) is 35.1 Å². The van der Waals surface area contributed by atoms with Gasteiger partial charge in [-0.2, -0.15) is 0 Å². The summed E-state index contributed by atoms with van der Waals surface area (Å²) in [6.07, 6.45) is 9.60. The second-order valence-electron chi connectivity index (χ2n) is 9.95. The Morgan fingerprint density at radius 3 is 2.50 bits per heavy atom. The maximum atomic E-state index is 12.0. The zero-order valence-electron chi connectivity index (χ0n) is 17.5. The summed E-state index contributed by atoms with van der Waals surface area (Å²) in [7, 11) is 0. The first-order chi connectivity index (χ1) is 13.1. The molecule has 2 saturated carbocycles. The van der Waals surface area contributed by atoms with E-state index in [1.165, 1.54) is 11.1 Å². The van der Waals surface area contributed by atoms with Crippen molar-refractivity contribution in [2.24, 2.45) is 22.7 Å². The summed E-state index contributed by atoms with van der Waals surface area (Å²) >= 11 is 0. The minimum atomic E-state index is -0.380. The smallest absolute Gasteiger partial charge is 0.217 e. The van der Waals surface area contributed by atoms with Gasteiger partial charge >= 0.3 is 0 Å². The van der Waals surface area contributed by atoms with E-state index in [2.05, 4.69) is 30.6 Å². The molecule has 5 nitrogen and oxygen atoms in total. The van der Waals surface area contributed by atoms with Gasteiger partial charge in [-0.3, -0.25) is 9.59 Å². The number of nitrogens with one attached hydrogen (secondary N) is 2. The van der Waals surface area contributed by atoms with Gasteiger partial charge in [-0.05, 0) is 61.3 Å². The summed E-state index contributed by atoms with van der Waals surface area (Å²) < 4.78 is 0. The number of fused-ring (bicyclic) bond motifs is 4. The number of hydrogen-bond donors (Lipinski definition) is 3. The second kappa shape index (κ2) is 6.72. The molecular weight excluding hydrogens is 352 g/mol. The maximum absolute atomic E-state index is 12.0. The van der Waals surface area contributed by atoms with Crippen molar-refractivity contribution in [3.63, 3.8) is 0 Å². The van der Waals surface area contributed by atoms with Crippen molar-refractivity contribution in [3.8, 4) is 0 Å². The normalized spacial score (nSPS) is 44.4. The Kier molecular flexibility index (Phi) is 4.72. The van der Waals surface area contributed by atoms with Crippen LogP contribution in [0.5, 0.6) is 0 Å². The van der Waals surface area contributed by atoms with Gasteiger partial charge in [-0.15, -0.1) is 0 Å². The Labute approximate surface area is 168 Å². The zero-order valence-corrected chi connectivity index (χ0v) is 17.5. The van der Waals surface area contributed by atoms with E-state index in [1.54, 1.807) is 13.8 Å². The van der Waals surface area contributed by atoms with Crippen LogP contribution in [-0.2, 0) is 9.59 Å². The minimum Gasteiger partial charge on any atom is -0.389 e. The molecule has 7 atom stereocenters. The zero-order chi connectivity index (χ0) is 20.3. The molecule has 0 aromatic heterocycles. The molecule has 0 bridgehead atoms. The summed E-state index contributed by atoms with van der Waals surface area (Å²) in [6, 6.07) is 0.227. The fourth-order valence-electron chi connectivity index (χ4n) is 6.91. The van der Waals surface area contributed by atoms with Crippen LogP contribution in [0.2, 0.25) is 0 Å². The number of allylic oxidation sites excluding steroid dienone is 1. The molecule has 0 aromatic rings. The molecule has 0 aromatic carbocycles. The molecule has 4 aliphatic rings. The van der Waals surface area contributed by atoms with Crippen molar-refractivity contribution >= 4 is 11.8 Å². The highest BCUT2D eigenvalue weighted by molar-refractivity contribution is 5.74. The summed E-state index contributed by atoms with van der Waals surface area (Å²) in [5.41, 5.74) is 2.91. The molecule has 0 spiro atoms. The summed E-state index contributed by atoms with van der Waals surface area (Å²) in [5, 5.41) is 16.6. The van der Waals surface area contributed by atoms with Gasteiger partial charge in [-0.25, -0.2) is 0 Å². The quantitative estimate of drug-likeness (QED) is 0.639. The van der Waals surface area contributed by atoms with Crippen molar-refractivity contribution in [1.29, 1.82) is 0 Å². The van der Waals surface area contributed by atoms with Crippen LogP contribution in [0.15, 0.2) is 23.3 Å². The highest BCUT2D eigenvalue weighted by Crippen LogP contribution is 2.62. The van der Waals surface area contributed by atoms with E-state index in [1.807, 2.05) is 6.08 Å². The van der Waals surface area contributed by atoms with E-state index in [0.29, 0.717) is 11.8 Å². The molecule has 4 rings (SSSR count). The van der Waals surface area contributed by atoms with Gasteiger partial charge in [-0.1, -0.05) is 31.6 Å². The van der Waals surface area contributed by atoms with Crippen LogP contribution in [0, 0.1) is 22.7 Å². The van der Waals surface area contributed by atoms with Crippen molar-refractivity contribution in [1.82, 2.24) is 10.6 Å². The summed E-state index contributed by atoms with van der Waals surface area (Å²) in [4.78, 5) is 23.8. The number of hydrogen-bond acceptors (Lipinski definition) is 3. The molecule has 0 aliphatic heterocycles.